The van der Waals surface area contributed by atoms with Gasteiger partial charge >= 0.3 is 0 Å². The Kier molecular flexibility index (Phi) is 7.00. The third kappa shape index (κ3) is 4.81. The normalized spacial score (nSPS) is 18.4. The quantitative estimate of drug-likeness (QED) is 0.297. The molecule has 1 aliphatic heterocycles. The van der Waals surface area contributed by atoms with Crippen molar-refractivity contribution < 1.29 is 9.67 Å². The summed E-state index contributed by atoms with van der Waals surface area (Å²) in [7, 11) is 0. The zero-order chi connectivity index (χ0) is 22.6. The molecule has 0 bridgehead atoms. The summed E-state index contributed by atoms with van der Waals surface area (Å²) >= 11 is 3.76. The van der Waals surface area contributed by atoms with Crippen molar-refractivity contribution in [2.24, 2.45) is 0 Å². The predicted molar refractivity (Wildman–Crippen MR) is 142 cm³/mol. The predicted octanol–water partition coefficient (Wildman–Crippen LogP) is 6.93. The van der Waals surface area contributed by atoms with Crippen molar-refractivity contribution in [3.63, 3.8) is 0 Å². The second-order valence-corrected chi connectivity index (χ2v) is 10.7. The third-order valence-electron chi connectivity index (χ3n) is 6.30. The molecule has 1 N–H and O–H groups in total. The van der Waals surface area contributed by atoms with Crippen molar-refractivity contribution >= 4 is 45.1 Å². The van der Waals surface area contributed by atoms with Gasteiger partial charge in [-0.1, -0.05) is 53.4 Å². The number of hydrogen-bond acceptors (Lipinski definition) is 4. The lowest BCUT2D eigenvalue weighted by atomic mass is 9.95. The van der Waals surface area contributed by atoms with Crippen molar-refractivity contribution in [3.8, 4) is 0 Å². The number of aromatic nitrogens is 1. The molecule has 2 aromatic carbocycles. The molecule has 0 saturated carbocycles. The average Bonchev–Trinajstić information content (AvgIpc) is 3.36. The second-order valence-electron chi connectivity index (χ2n) is 8.58. The number of benzene rings is 2. The zero-order valence-electron chi connectivity index (χ0n) is 19.2. The summed E-state index contributed by atoms with van der Waals surface area (Å²) in [6.45, 7) is 4.43. The molecule has 2 aliphatic rings. The van der Waals surface area contributed by atoms with Crippen LogP contribution in [0.3, 0.4) is 0 Å². The number of aryl methyl sites for hydroxylation is 1. The fraction of sp³-hybridized carbons (Fsp3) is 0.321. The standard InChI is InChI=1S/C28H31N2OS2/c1-2-29-23-12-3-5-14-25(23)32-27(29)19-21-10-9-11-22(18-21)20-28-30(16-7-8-17-31)24-13-4-6-15-26(24)33-28/h3-6,12-15,18-20,31H,2,7-11,16-17H2,1H3/q+1. The van der Waals surface area contributed by atoms with Crippen molar-refractivity contribution in [1.82, 2.24) is 0 Å². The number of nitrogens with zero attached hydrogens (tertiary/aromatic N) is 2. The summed E-state index contributed by atoms with van der Waals surface area (Å²) in [4.78, 5) is 3.78. The number of aliphatic hydroxyl groups excluding tert-OH is 1. The fourth-order valence-electron chi connectivity index (χ4n) is 4.68. The summed E-state index contributed by atoms with van der Waals surface area (Å²) in [5, 5.41) is 11.9. The molecule has 3 nitrogen and oxygen atoms in total. The first-order valence-electron chi connectivity index (χ1n) is 12.0. The van der Waals surface area contributed by atoms with Gasteiger partial charge in [-0.05, 0) is 68.0 Å². The molecule has 33 heavy (non-hydrogen) atoms. The van der Waals surface area contributed by atoms with E-state index in [1.54, 1.807) is 0 Å². The molecule has 5 heteroatoms. The molecule has 5 rings (SSSR count). The Labute approximate surface area is 204 Å². The minimum atomic E-state index is 0.260. The number of hydrogen-bond donors (Lipinski definition) is 1. The molecule has 3 aromatic rings. The summed E-state index contributed by atoms with van der Waals surface area (Å²) in [6, 6.07) is 17.4. The number of aliphatic hydroxyl groups is 1. The first kappa shape index (κ1) is 22.5. The van der Waals surface area contributed by atoms with Gasteiger partial charge in [-0.25, -0.2) is 0 Å². The Balaban J connectivity index is 1.45. The van der Waals surface area contributed by atoms with Crippen molar-refractivity contribution in [2.45, 2.75) is 50.5 Å². The van der Waals surface area contributed by atoms with E-state index in [2.05, 4.69) is 83.1 Å². The van der Waals surface area contributed by atoms with E-state index in [1.807, 2.05) is 23.1 Å². The van der Waals surface area contributed by atoms with E-state index < -0.39 is 0 Å². The summed E-state index contributed by atoms with van der Waals surface area (Å²) in [6.07, 6.45) is 12.5. The van der Waals surface area contributed by atoms with Crippen LogP contribution in [0.1, 0.15) is 44.0 Å². The van der Waals surface area contributed by atoms with Gasteiger partial charge in [0.2, 0.25) is 5.52 Å². The smallest absolute Gasteiger partial charge is 0.263 e. The summed E-state index contributed by atoms with van der Waals surface area (Å²) < 4.78 is 3.76. The van der Waals surface area contributed by atoms with Gasteiger partial charge in [-0.15, -0.1) is 0 Å². The van der Waals surface area contributed by atoms with Gasteiger partial charge in [0.05, 0.1) is 10.7 Å². The highest BCUT2D eigenvalue weighted by Gasteiger charge is 2.24. The van der Waals surface area contributed by atoms with Gasteiger partial charge in [0.1, 0.15) is 4.70 Å². The molecule has 0 saturated heterocycles. The van der Waals surface area contributed by atoms with Crippen LogP contribution in [0.5, 0.6) is 0 Å². The average molecular weight is 476 g/mol. The largest absolute Gasteiger partial charge is 0.396 e. The van der Waals surface area contributed by atoms with Gasteiger partial charge < -0.3 is 10.0 Å². The molecule has 0 spiro atoms. The van der Waals surface area contributed by atoms with Crippen LogP contribution < -0.4 is 9.47 Å². The lowest BCUT2D eigenvalue weighted by Crippen LogP contribution is -2.35. The van der Waals surface area contributed by atoms with E-state index >= 15 is 0 Å². The van der Waals surface area contributed by atoms with E-state index in [9.17, 15) is 5.11 Å². The Morgan fingerprint density at radius 3 is 2.76 bits per heavy atom. The molecule has 0 amide bonds. The Bertz CT molecular complexity index is 1240. The Morgan fingerprint density at radius 1 is 1.03 bits per heavy atom. The highest BCUT2D eigenvalue weighted by molar-refractivity contribution is 8.03. The molecule has 170 valence electrons. The Morgan fingerprint density at radius 2 is 1.88 bits per heavy atom. The topological polar surface area (TPSA) is 27.4 Å². The van der Waals surface area contributed by atoms with Gasteiger partial charge in [0.15, 0.2) is 6.54 Å². The molecule has 0 fully saturated rings. The minimum Gasteiger partial charge on any atom is -0.396 e. The van der Waals surface area contributed by atoms with Crippen LogP contribution in [0.4, 0.5) is 5.69 Å². The van der Waals surface area contributed by atoms with Crippen LogP contribution in [-0.2, 0) is 6.54 Å². The van der Waals surface area contributed by atoms with E-state index in [-0.39, 0.29) is 6.61 Å². The monoisotopic (exact) mass is 475 g/mol. The third-order valence-corrected chi connectivity index (χ3v) is 8.52. The molecular weight excluding hydrogens is 444 g/mol. The van der Waals surface area contributed by atoms with E-state index in [4.69, 9.17) is 0 Å². The van der Waals surface area contributed by atoms with Crippen molar-refractivity contribution in [3.05, 3.63) is 81.9 Å². The van der Waals surface area contributed by atoms with Crippen LogP contribution in [-0.4, -0.2) is 18.3 Å². The van der Waals surface area contributed by atoms with Gasteiger partial charge in [-0.2, -0.15) is 4.57 Å². The maximum atomic E-state index is 9.24. The lowest BCUT2D eigenvalue weighted by Gasteiger charge is -2.19. The maximum absolute atomic E-state index is 9.24. The fourth-order valence-corrected chi connectivity index (χ4v) is 7.05. The van der Waals surface area contributed by atoms with Crippen LogP contribution in [0.2, 0.25) is 0 Å². The number of thiazole rings is 1. The van der Waals surface area contributed by atoms with Crippen LogP contribution in [0.15, 0.2) is 81.8 Å². The molecule has 1 aromatic heterocycles. The second kappa shape index (κ2) is 10.3. The van der Waals surface area contributed by atoms with Crippen molar-refractivity contribution in [2.75, 3.05) is 18.1 Å². The number of fused-ring (bicyclic) bond motifs is 2. The van der Waals surface area contributed by atoms with Gasteiger partial charge in [0, 0.05) is 36.6 Å². The molecule has 1 aliphatic carbocycles. The van der Waals surface area contributed by atoms with Crippen molar-refractivity contribution in [1.29, 1.82) is 0 Å². The molecular formula is C28H31N2OS2+. The number of anilines is 1. The number of unbranched alkanes of at least 4 members (excludes halogenated alkanes) is 1. The molecule has 0 radical (unpaired) electrons. The zero-order valence-corrected chi connectivity index (χ0v) is 20.8. The van der Waals surface area contributed by atoms with Gasteiger partial charge in [-0.3, -0.25) is 0 Å². The first-order chi connectivity index (χ1) is 16.3. The molecule has 0 unspecified atom stereocenters. The molecule has 0 atom stereocenters. The SMILES string of the molecule is CCN1/C(=C\C2=CC(=C/c3sc4ccccc4[n+]3CCCCO)/CCC2)Sc2ccccc21. The minimum absolute atomic E-state index is 0.260. The van der Waals surface area contributed by atoms with Gasteiger partial charge in [0.25, 0.3) is 5.01 Å². The first-order valence-corrected chi connectivity index (χ1v) is 13.6. The maximum Gasteiger partial charge on any atom is 0.263 e. The number of para-hydroxylation sites is 2. The summed E-state index contributed by atoms with van der Waals surface area (Å²) in [5.74, 6) is 0. The highest BCUT2D eigenvalue weighted by Crippen LogP contribution is 2.46. The van der Waals surface area contributed by atoms with Crippen LogP contribution in [0, 0.1) is 0 Å². The van der Waals surface area contributed by atoms with Crippen LogP contribution in [0.25, 0.3) is 16.3 Å². The van der Waals surface area contributed by atoms with Crippen LogP contribution >= 0.6 is 23.1 Å². The van der Waals surface area contributed by atoms with E-state index in [0.29, 0.717) is 0 Å². The lowest BCUT2D eigenvalue weighted by molar-refractivity contribution is -0.669. The summed E-state index contributed by atoms with van der Waals surface area (Å²) in [5.41, 5.74) is 5.47. The highest BCUT2D eigenvalue weighted by atomic mass is 32.2. The van der Waals surface area contributed by atoms with E-state index in [0.717, 1.165) is 38.8 Å². The number of thioether (sulfide) groups is 1. The number of rotatable bonds is 7. The Hall–Kier alpha value is -2.34. The number of allylic oxidation sites excluding steroid dienone is 4. The van der Waals surface area contributed by atoms with E-state index in [1.165, 1.54) is 48.4 Å². The molecule has 2 heterocycles.